The summed E-state index contributed by atoms with van der Waals surface area (Å²) in [7, 11) is 0. The van der Waals surface area contributed by atoms with Gasteiger partial charge in [-0.3, -0.25) is 0 Å². The van der Waals surface area contributed by atoms with Gasteiger partial charge in [-0.1, -0.05) is 0 Å². The van der Waals surface area contributed by atoms with Crippen molar-refractivity contribution in [3.8, 4) is 0 Å². The number of rotatable bonds is 1. The van der Waals surface area contributed by atoms with Gasteiger partial charge in [0.2, 0.25) is 0 Å². The van der Waals surface area contributed by atoms with E-state index >= 15 is 0 Å². The van der Waals surface area contributed by atoms with Crippen molar-refractivity contribution in [1.29, 1.82) is 0 Å². The second-order valence-corrected chi connectivity index (χ2v) is 4.61. The van der Waals surface area contributed by atoms with Gasteiger partial charge in [-0.15, -0.1) is 0 Å². The number of nitrogen functional groups attached to an aromatic ring is 1. The molecule has 1 aliphatic carbocycles. The molecule has 2 fully saturated rings. The molecule has 1 saturated heterocycles. The number of aromatic nitrogens is 1. The molecule has 0 aromatic carbocycles. The molecule has 3 nitrogen and oxygen atoms in total. The molecule has 2 aliphatic rings. The van der Waals surface area contributed by atoms with Gasteiger partial charge in [0.05, 0.1) is 11.9 Å². The van der Waals surface area contributed by atoms with Crippen molar-refractivity contribution < 1.29 is 0 Å². The standard InChI is InChI=1S/C11H15N3/c12-10-2-1-9(7-13-10)14-6-5-11(8-14)3-4-11/h1-2,7H,3-6,8H2,(H2,12,13). The normalized spacial score (nSPS) is 23.0. The Labute approximate surface area is 83.9 Å². The Kier molecular flexibility index (Phi) is 1.52. The van der Waals surface area contributed by atoms with E-state index in [2.05, 4.69) is 16.0 Å². The molecule has 1 aliphatic heterocycles. The fourth-order valence-corrected chi connectivity index (χ4v) is 2.32. The smallest absolute Gasteiger partial charge is 0.123 e. The molecule has 1 aromatic heterocycles. The number of hydrogen-bond donors (Lipinski definition) is 1. The van der Waals surface area contributed by atoms with Crippen molar-refractivity contribution in [3.05, 3.63) is 18.3 Å². The lowest BCUT2D eigenvalue weighted by atomic mass is 10.1. The molecule has 0 atom stereocenters. The summed E-state index contributed by atoms with van der Waals surface area (Å²) in [5, 5.41) is 0. The summed E-state index contributed by atoms with van der Waals surface area (Å²) in [6.45, 7) is 2.41. The van der Waals surface area contributed by atoms with E-state index in [1.54, 1.807) is 0 Å². The summed E-state index contributed by atoms with van der Waals surface area (Å²) in [5.74, 6) is 0.606. The average molecular weight is 189 g/mol. The van der Waals surface area contributed by atoms with E-state index in [0.717, 1.165) is 0 Å². The summed E-state index contributed by atoms with van der Waals surface area (Å²) in [6.07, 6.45) is 6.09. The third kappa shape index (κ3) is 1.24. The zero-order valence-electron chi connectivity index (χ0n) is 8.24. The van der Waals surface area contributed by atoms with Crippen LogP contribution in [-0.4, -0.2) is 18.1 Å². The van der Waals surface area contributed by atoms with Crippen molar-refractivity contribution in [2.24, 2.45) is 5.41 Å². The highest BCUT2D eigenvalue weighted by molar-refractivity contribution is 5.49. The van der Waals surface area contributed by atoms with Crippen molar-refractivity contribution in [2.45, 2.75) is 19.3 Å². The topological polar surface area (TPSA) is 42.1 Å². The first-order valence-electron chi connectivity index (χ1n) is 5.24. The molecule has 3 heteroatoms. The average Bonchev–Trinajstić information content (AvgIpc) is 2.79. The fraction of sp³-hybridized carbons (Fsp3) is 0.545. The first kappa shape index (κ1) is 8.09. The largest absolute Gasteiger partial charge is 0.384 e. The maximum atomic E-state index is 5.56. The Morgan fingerprint density at radius 3 is 2.71 bits per heavy atom. The second kappa shape index (κ2) is 2.62. The molecule has 3 rings (SSSR count). The van der Waals surface area contributed by atoms with Gasteiger partial charge in [0, 0.05) is 13.1 Å². The van der Waals surface area contributed by atoms with Crippen LogP contribution in [0, 0.1) is 5.41 Å². The Bertz CT molecular complexity index is 340. The Morgan fingerprint density at radius 1 is 1.29 bits per heavy atom. The predicted molar refractivity (Wildman–Crippen MR) is 57.1 cm³/mol. The van der Waals surface area contributed by atoms with E-state index in [4.69, 9.17) is 5.73 Å². The molecule has 2 heterocycles. The molecule has 1 aromatic rings. The summed E-state index contributed by atoms with van der Waals surface area (Å²) in [5.41, 5.74) is 7.47. The van der Waals surface area contributed by atoms with Crippen LogP contribution in [0.2, 0.25) is 0 Å². The zero-order valence-corrected chi connectivity index (χ0v) is 8.24. The number of hydrogen-bond acceptors (Lipinski definition) is 3. The number of anilines is 2. The van der Waals surface area contributed by atoms with Crippen LogP contribution in [0.3, 0.4) is 0 Å². The third-order valence-electron chi connectivity index (χ3n) is 3.53. The fourth-order valence-electron chi connectivity index (χ4n) is 2.32. The summed E-state index contributed by atoms with van der Waals surface area (Å²) >= 11 is 0. The minimum Gasteiger partial charge on any atom is -0.384 e. The maximum Gasteiger partial charge on any atom is 0.123 e. The zero-order chi connectivity index (χ0) is 9.60. The first-order chi connectivity index (χ1) is 6.77. The highest BCUT2D eigenvalue weighted by Gasteiger charge is 2.47. The predicted octanol–water partition coefficient (Wildman–Crippen LogP) is 1.65. The van der Waals surface area contributed by atoms with Crippen LogP contribution < -0.4 is 10.6 Å². The van der Waals surface area contributed by atoms with Gasteiger partial charge in [0.15, 0.2) is 0 Å². The Balaban J connectivity index is 1.79. The molecule has 0 unspecified atom stereocenters. The Morgan fingerprint density at radius 2 is 2.14 bits per heavy atom. The molecule has 2 N–H and O–H groups in total. The van der Waals surface area contributed by atoms with E-state index < -0.39 is 0 Å². The van der Waals surface area contributed by atoms with Gasteiger partial charge in [0.1, 0.15) is 5.82 Å². The van der Waals surface area contributed by atoms with Gasteiger partial charge < -0.3 is 10.6 Å². The van der Waals surface area contributed by atoms with Crippen LogP contribution in [0.5, 0.6) is 0 Å². The van der Waals surface area contributed by atoms with Gasteiger partial charge in [0.25, 0.3) is 0 Å². The van der Waals surface area contributed by atoms with Gasteiger partial charge in [-0.2, -0.15) is 0 Å². The van der Waals surface area contributed by atoms with Crippen LogP contribution >= 0.6 is 0 Å². The van der Waals surface area contributed by atoms with E-state index in [0.29, 0.717) is 11.2 Å². The number of pyridine rings is 1. The Hall–Kier alpha value is -1.25. The molecule has 0 amide bonds. The van der Waals surface area contributed by atoms with Crippen molar-refractivity contribution in [3.63, 3.8) is 0 Å². The summed E-state index contributed by atoms with van der Waals surface area (Å²) in [4.78, 5) is 6.56. The van der Waals surface area contributed by atoms with E-state index in [9.17, 15) is 0 Å². The first-order valence-corrected chi connectivity index (χ1v) is 5.24. The lowest BCUT2D eigenvalue weighted by Crippen LogP contribution is -2.20. The molecule has 74 valence electrons. The minimum absolute atomic E-state index is 0.606. The van der Waals surface area contributed by atoms with Crippen LogP contribution in [-0.2, 0) is 0 Å². The highest BCUT2D eigenvalue weighted by Crippen LogP contribution is 2.53. The molecule has 0 radical (unpaired) electrons. The SMILES string of the molecule is Nc1ccc(N2CCC3(CC3)C2)cn1. The van der Waals surface area contributed by atoms with Crippen LogP contribution in [0.1, 0.15) is 19.3 Å². The monoisotopic (exact) mass is 189 g/mol. The molecule has 14 heavy (non-hydrogen) atoms. The second-order valence-electron chi connectivity index (χ2n) is 4.61. The molecule has 0 bridgehead atoms. The molecular formula is C11H15N3. The van der Waals surface area contributed by atoms with Gasteiger partial charge in [-0.05, 0) is 36.8 Å². The lowest BCUT2D eigenvalue weighted by Gasteiger charge is -2.17. The number of nitrogens with two attached hydrogens (primary N) is 1. The van der Waals surface area contributed by atoms with Crippen molar-refractivity contribution in [1.82, 2.24) is 4.98 Å². The highest BCUT2D eigenvalue weighted by atomic mass is 15.2. The quantitative estimate of drug-likeness (QED) is 0.730. The summed E-state index contributed by atoms with van der Waals surface area (Å²) < 4.78 is 0. The van der Waals surface area contributed by atoms with Crippen molar-refractivity contribution >= 4 is 11.5 Å². The van der Waals surface area contributed by atoms with Gasteiger partial charge >= 0.3 is 0 Å². The summed E-state index contributed by atoms with van der Waals surface area (Å²) in [6, 6.07) is 3.96. The molecular weight excluding hydrogens is 174 g/mol. The van der Waals surface area contributed by atoms with E-state index in [1.807, 2.05) is 12.3 Å². The minimum atomic E-state index is 0.606. The maximum absolute atomic E-state index is 5.56. The van der Waals surface area contributed by atoms with Gasteiger partial charge in [-0.25, -0.2) is 4.98 Å². The van der Waals surface area contributed by atoms with Crippen LogP contribution in [0.4, 0.5) is 11.5 Å². The van der Waals surface area contributed by atoms with Crippen LogP contribution in [0.15, 0.2) is 18.3 Å². The molecule has 1 saturated carbocycles. The van der Waals surface area contributed by atoms with E-state index in [-0.39, 0.29) is 0 Å². The number of nitrogens with zero attached hydrogens (tertiary/aromatic N) is 2. The van der Waals surface area contributed by atoms with E-state index in [1.165, 1.54) is 38.0 Å². The molecule has 1 spiro atoms. The van der Waals surface area contributed by atoms with Crippen molar-refractivity contribution in [2.75, 3.05) is 23.7 Å². The lowest BCUT2D eigenvalue weighted by molar-refractivity contribution is 0.581. The third-order valence-corrected chi connectivity index (χ3v) is 3.53. The van der Waals surface area contributed by atoms with Crippen LogP contribution in [0.25, 0.3) is 0 Å².